The molecule has 2 heterocycles. The maximum atomic E-state index is 13.3. The Balaban J connectivity index is 1.92. The molecular weight excluding hydrogens is 340 g/mol. The van der Waals surface area contributed by atoms with E-state index in [1.165, 1.54) is 11.1 Å². The summed E-state index contributed by atoms with van der Waals surface area (Å²) in [6.45, 7) is 10.1. The van der Waals surface area contributed by atoms with Gasteiger partial charge in [0.2, 0.25) is 0 Å². The van der Waals surface area contributed by atoms with E-state index < -0.39 is 0 Å². The minimum atomic E-state index is -0.382. The van der Waals surface area contributed by atoms with E-state index in [9.17, 15) is 9.59 Å². The summed E-state index contributed by atoms with van der Waals surface area (Å²) in [6.07, 6.45) is 1.73. The number of carbonyl (C=O) groups is 2. The van der Waals surface area contributed by atoms with Crippen molar-refractivity contribution in [3.63, 3.8) is 0 Å². The summed E-state index contributed by atoms with van der Waals surface area (Å²) < 4.78 is 5.34. The second kappa shape index (κ2) is 7.59. The molecule has 1 N–H and O–H groups in total. The SMILES string of the molecule is Cc1ccccc1C1CCCN1C(=O)c1[nH]c(C)c(C(=O)OC(C)C)c1C. The van der Waals surface area contributed by atoms with Gasteiger partial charge in [-0.05, 0) is 64.2 Å². The maximum Gasteiger partial charge on any atom is 0.340 e. The molecule has 5 nitrogen and oxygen atoms in total. The molecule has 1 amide bonds. The summed E-state index contributed by atoms with van der Waals surface area (Å²) in [4.78, 5) is 30.8. The number of aromatic nitrogens is 1. The van der Waals surface area contributed by atoms with Gasteiger partial charge in [-0.1, -0.05) is 24.3 Å². The zero-order valence-corrected chi connectivity index (χ0v) is 16.8. The predicted octanol–water partition coefficient (Wildman–Crippen LogP) is 4.48. The molecule has 2 aromatic rings. The van der Waals surface area contributed by atoms with Gasteiger partial charge in [-0.2, -0.15) is 0 Å². The van der Waals surface area contributed by atoms with Crippen molar-refractivity contribution in [3.05, 3.63) is 57.9 Å². The molecule has 1 aliphatic rings. The first-order valence-electron chi connectivity index (χ1n) is 9.58. The van der Waals surface area contributed by atoms with Gasteiger partial charge in [-0.25, -0.2) is 4.79 Å². The third kappa shape index (κ3) is 3.64. The van der Waals surface area contributed by atoms with Crippen LogP contribution in [0.2, 0.25) is 0 Å². The Bertz CT molecular complexity index is 866. The highest BCUT2D eigenvalue weighted by atomic mass is 16.5. The summed E-state index contributed by atoms with van der Waals surface area (Å²) in [5.41, 5.74) is 4.70. The largest absolute Gasteiger partial charge is 0.459 e. The number of H-pyrrole nitrogens is 1. The van der Waals surface area contributed by atoms with E-state index >= 15 is 0 Å². The highest BCUT2D eigenvalue weighted by Crippen LogP contribution is 2.35. The fraction of sp³-hybridized carbons (Fsp3) is 0.455. The van der Waals surface area contributed by atoms with Gasteiger partial charge in [0.1, 0.15) is 5.69 Å². The van der Waals surface area contributed by atoms with Crippen LogP contribution in [0.1, 0.15) is 76.0 Å². The van der Waals surface area contributed by atoms with Crippen molar-refractivity contribution < 1.29 is 14.3 Å². The number of hydrogen-bond donors (Lipinski definition) is 1. The molecule has 1 aliphatic heterocycles. The van der Waals surface area contributed by atoms with Gasteiger partial charge in [-0.15, -0.1) is 0 Å². The summed E-state index contributed by atoms with van der Waals surface area (Å²) in [5, 5.41) is 0. The lowest BCUT2D eigenvalue weighted by Gasteiger charge is -2.26. The Morgan fingerprint density at radius 3 is 2.56 bits per heavy atom. The summed E-state index contributed by atoms with van der Waals surface area (Å²) in [7, 11) is 0. The fourth-order valence-electron chi connectivity index (χ4n) is 3.98. The molecule has 1 aromatic carbocycles. The van der Waals surface area contributed by atoms with Crippen molar-refractivity contribution in [2.24, 2.45) is 0 Å². The Kier molecular flexibility index (Phi) is 5.40. The Morgan fingerprint density at radius 1 is 1.19 bits per heavy atom. The molecule has 0 aliphatic carbocycles. The van der Waals surface area contributed by atoms with Crippen molar-refractivity contribution in [1.29, 1.82) is 0 Å². The third-order valence-corrected chi connectivity index (χ3v) is 5.26. The van der Waals surface area contributed by atoms with E-state index in [0.717, 1.165) is 19.4 Å². The van der Waals surface area contributed by atoms with Crippen LogP contribution in [-0.4, -0.2) is 34.4 Å². The second-order valence-corrected chi connectivity index (χ2v) is 7.59. The van der Waals surface area contributed by atoms with E-state index in [4.69, 9.17) is 4.74 Å². The number of benzene rings is 1. The zero-order chi connectivity index (χ0) is 19.7. The summed E-state index contributed by atoms with van der Waals surface area (Å²) in [6, 6.07) is 8.30. The van der Waals surface area contributed by atoms with Crippen LogP contribution in [0, 0.1) is 20.8 Å². The number of aryl methyl sites for hydroxylation is 2. The Hall–Kier alpha value is -2.56. The smallest absolute Gasteiger partial charge is 0.340 e. The van der Waals surface area contributed by atoms with Crippen molar-refractivity contribution in [1.82, 2.24) is 9.88 Å². The number of aromatic amines is 1. The first-order chi connectivity index (χ1) is 12.8. The van der Waals surface area contributed by atoms with Crippen LogP contribution in [0.4, 0.5) is 0 Å². The summed E-state index contributed by atoms with van der Waals surface area (Å²) in [5.74, 6) is -0.433. The van der Waals surface area contributed by atoms with Crippen LogP contribution in [0.25, 0.3) is 0 Å². The normalized spacial score (nSPS) is 16.8. The van der Waals surface area contributed by atoms with Crippen LogP contribution in [-0.2, 0) is 4.74 Å². The molecule has 0 radical (unpaired) electrons. The number of rotatable bonds is 4. The lowest BCUT2D eigenvalue weighted by Crippen LogP contribution is -2.31. The predicted molar refractivity (Wildman–Crippen MR) is 105 cm³/mol. The van der Waals surface area contributed by atoms with Crippen molar-refractivity contribution in [2.45, 2.75) is 59.6 Å². The molecule has 1 saturated heterocycles. The van der Waals surface area contributed by atoms with Crippen LogP contribution >= 0.6 is 0 Å². The van der Waals surface area contributed by atoms with E-state index in [-0.39, 0.29) is 24.0 Å². The number of nitrogens with zero attached hydrogens (tertiary/aromatic N) is 1. The average Bonchev–Trinajstić information content (AvgIpc) is 3.18. The number of nitrogens with one attached hydrogen (secondary N) is 1. The van der Waals surface area contributed by atoms with Crippen molar-refractivity contribution in [3.8, 4) is 0 Å². The quantitative estimate of drug-likeness (QED) is 0.809. The standard InChI is InChI=1S/C22H28N2O3/c1-13(2)27-22(26)19-15(4)20(23-16(19)5)21(25)24-12-8-11-18(24)17-10-7-6-9-14(17)3/h6-7,9-10,13,18,23H,8,11-12H2,1-5H3. The molecule has 0 saturated carbocycles. The molecule has 1 aromatic heterocycles. The van der Waals surface area contributed by atoms with Gasteiger partial charge in [0, 0.05) is 12.2 Å². The lowest BCUT2D eigenvalue weighted by molar-refractivity contribution is 0.0376. The highest BCUT2D eigenvalue weighted by molar-refractivity contribution is 6.00. The first-order valence-corrected chi connectivity index (χ1v) is 9.58. The van der Waals surface area contributed by atoms with E-state index in [1.54, 1.807) is 0 Å². The minimum absolute atomic E-state index is 0.0510. The fourth-order valence-corrected chi connectivity index (χ4v) is 3.98. The van der Waals surface area contributed by atoms with Gasteiger partial charge < -0.3 is 14.6 Å². The van der Waals surface area contributed by atoms with Crippen LogP contribution in [0.5, 0.6) is 0 Å². The van der Waals surface area contributed by atoms with Crippen molar-refractivity contribution in [2.75, 3.05) is 6.54 Å². The summed E-state index contributed by atoms with van der Waals surface area (Å²) >= 11 is 0. The molecule has 1 fully saturated rings. The van der Waals surface area contributed by atoms with Gasteiger partial charge in [-0.3, -0.25) is 4.79 Å². The number of amides is 1. The molecule has 27 heavy (non-hydrogen) atoms. The van der Waals surface area contributed by atoms with Crippen molar-refractivity contribution >= 4 is 11.9 Å². The van der Waals surface area contributed by atoms with E-state index in [2.05, 4.69) is 24.0 Å². The van der Waals surface area contributed by atoms with Gasteiger partial charge >= 0.3 is 5.97 Å². The molecule has 1 atom stereocenters. The second-order valence-electron chi connectivity index (χ2n) is 7.59. The molecule has 0 bridgehead atoms. The average molecular weight is 368 g/mol. The molecule has 5 heteroatoms. The topological polar surface area (TPSA) is 62.4 Å². The van der Waals surface area contributed by atoms with Gasteiger partial charge in [0.05, 0.1) is 17.7 Å². The molecule has 144 valence electrons. The minimum Gasteiger partial charge on any atom is -0.459 e. The zero-order valence-electron chi connectivity index (χ0n) is 16.8. The highest BCUT2D eigenvalue weighted by Gasteiger charge is 2.34. The van der Waals surface area contributed by atoms with Gasteiger partial charge in [0.25, 0.3) is 5.91 Å². The molecule has 1 unspecified atom stereocenters. The number of likely N-dealkylation sites (tertiary alicyclic amines) is 1. The first kappa shape index (κ1) is 19.2. The monoisotopic (exact) mass is 368 g/mol. The lowest BCUT2D eigenvalue weighted by atomic mass is 9.99. The Labute approximate surface area is 160 Å². The van der Waals surface area contributed by atoms with E-state index in [1.807, 2.05) is 44.7 Å². The van der Waals surface area contributed by atoms with Gasteiger partial charge in [0.15, 0.2) is 0 Å². The third-order valence-electron chi connectivity index (χ3n) is 5.26. The van der Waals surface area contributed by atoms with Crippen LogP contribution in [0.15, 0.2) is 24.3 Å². The van der Waals surface area contributed by atoms with E-state index in [0.29, 0.717) is 22.5 Å². The number of hydrogen-bond acceptors (Lipinski definition) is 3. The maximum absolute atomic E-state index is 13.3. The number of carbonyl (C=O) groups excluding carboxylic acids is 2. The van der Waals surface area contributed by atoms with Crippen LogP contribution in [0.3, 0.4) is 0 Å². The number of ether oxygens (including phenoxy) is 1. The molecular formula is C22H28N2O3. The molecule has 0 spiro atoms. The Morgan fingerprint density at radius 2 is 1.89 bits per heavy atom. The number of esters is 1. The van der Waals surface area contributed by atoms with Crippen LogP contribution < -0.4 is 0 Å². The molecule has 3 rings (SSSR count).